The van der Waals surface area contributed by atoms with Gasteiger partial charge in [0.2, 0.25) is 0 Å². The van der Waals surface area contributed by atoms with Gasteiger partial charge in [-0.3, -0.25) is 0 Å². The van der Waals surface area contributed by atoms with E-state index in [-0.39, 0.29) is 6.04 Å². The van der Waals surface area contributed by atoms with E-state index in [1.54, 1.807) is 0 Å². The molecule has 0 unspecified atom stereocenters. The number of hydrogen-bond donors (Lipinski definition) is 2. The Morgan fingerprint density at radius 3 is 2.60 bits per heavy atom. The molecule has 0 amide bonds. The van der Waals surface area contributed by atoms with Crippen LogP contribution < -0.4 is 11.5 Å². The van der Waals surface area contributed by atoms with E-state index in [0.717, 1.165) is 39.5 Å². The first-order valence-electron chi connectivity index (χ1n) is 5.06. The van der Waals surface area contributed by atoms with E-state index in [9.17, 15) is 0 Å². The predicted molar refractivity (Wildman–Crippen MR) is 72.7 cm³/mol. The molecule has 4 N–H and O–H groups in total. The summed E-state index contributed by atoms with van der Waals surface area (Å²) in [6, 6.07) is 3.96. The van der Waals surface area contributed by atoms with Crippen LogP contribution in [-0.2, 0) is 0 Å². The molecule has 0 spiro atoms. The Kier molecular flexibility index (Phi) is 5.09. The van der Waals surface area contributed by atoms with Gasteiger partial charge in [-0.15, -0.1) is 0 Å². The molecule has 1 aromatic rings. The monoisotopic (exact) mass is 334 g/mol. The average molecular weight is 336 g/mol. The highest BCUT2D eigenvalue weighted by molar-refractivity contribution is 9.11. The van der Waals surface area contributed by atoms with Crippen molar-refractivity contribution in [1.29, 1.82) is 0 Å². The van der Waals surface area contributed by atoms with Crippen LogP contribution in [0.1, 0.15) is 37.8 Å². The zero-order chi connectivity index (χ0) is 11.4. The van der Waals surface area contributed by atoms with E-state index in [4.69, 9.17) is 11.5 Å². The van der Waals surface area contributed by atoms with Gasteiger partial charge in [0.15, 0.2) is 0 Å². The van der Waals surface area contributed by atoms with Crippen LogP contribution in [0.2, 0.25) is 0 Å². The summed E-state index contributed by atoms with van der Waals surface area (Å²) in [4.78, 5) is 0. The van der Waals surface area contributed by atoms with E-state index in [2.05, 4.69) is 38.8 Å². The summed E-state index contributed by atoms with van der Waals surface area (Å²) in [7, 11) is 0. The van der Waals surface area contributed by atoms with Crippen molar-refractivity contribution in [2.75, 3.05) is 5.73 Å². The van der Waals surface area contributed by atoms with Crippen molar-refractivity contribution in [3.8, 4) is 0 Å². The quantitative estimate of drug-likeness (QED) is 0.817. The maximum atomic E-state index is 6.10. The molecule has 15 heavy (non-hydrogen) atoms. The van der Waals surface area contributed by atoms with Crippen molar-refractivity contribution in [3.05, 3.63) is 26.6 Å². The lowest BCUT2D eigenvalue weighted by atomic mass is 10.0. The minimum atomic E-state index is 0.0266. The SMILES string of the molecule is CCCC[C@@H](N)c1cc(Br)cc(Br)c1N. The number of halogens is 2. The molecule has 0 aliphatic carbocycles. The van der Waals surface area contributed by atoms with Crippen molar-refractivity contribution >= 4 is 37.5 Å². The molecule has 0 saturated heterocycles. The van der Waals surface area contributed by atoms with Crippen molar-refractivity contribution in [2.24, 2.45) is 5.73 Å². The molecule has 4 heteroatoms. The molecule has 1 atom stereocenters. The molecule has 84 valence electrons. The first-order valence-corrected chi connectivity index (χ1v) is 6.64. The second kappa shape index (κ2) is 5.87. The number of hydrogen-bond acceptors (Lipinski definition) is 2. The van der Waals surface area contributed by atoms with E-state index < -0.39 is 0 Å². The lowest BCUT2D eigenvalue weighted by Gasteiger charge is -2.15. The Hall–Kier alpha value is -0.0600. The third kappa shape index (κ3) is 3.47. The van der Waals surface area contributed by atoms with Gasteiger partial charge in [-0.25, -0.2) is 0 Å². The van der Waals surface area contributed by atoms with Crippen molar-refractivity contribution in [3.63, 3.8) is 0 Å². The molecule has 0 bridgehead atoms. The van der Waals surface area contributed by atoms with Crippen LogP contribution in [0.5, 0.6) is 0 Å². The summed E-state index contributed by atoms with van der Waals surface area (Å²) < 4.78 is 1.91. The third-order valence-corrected chi connectivity index (χ3v) is 3.51. The van der Waals surface area contributed by atoms with E-state index >= 15 is 0 Å². The van der Waals surface area contributed by atoms with Crippen LogP contribution in [0.15, 0.2) is 21.1 Å². The fourth-order valence-corrected chi connectivity index (χ4v) is 2.75. The van der Waals surface area contributed by atoms with Crippen LogP contribution in [0.4, 0.5) is 5.69 Å². The second-order valence-electron chi connectivity index (χ2n) is 3.64. The zero-order valence-corrected chi connectivity index (χ0v) is 11.9. The lowest BCUT2D eigenvalue weighted by Crippen LogP contribution is -2.12. The smallest absolute Gasteiger partial charge is 0.0507 e. The number of anilines is 1. The van der Waals surface area contributed by atoms with Gasteiger partial charge in [0.25, 0.3) is 0 Å². The number of rotatable bonds is 4. The van der Waals surface area contributed by atoms with Crippen LogP contribution >= 0.6 is 31.9 Å². The van der Waals surface area contributed by atoms with Crippen molar-refractivity contribution in [1.82, 2.24) is 0 Å². The van der Waals surface area contributed by atoms with Gasteiger partial charge >= 0.3 is 0 Å². The van der Waals surface area contributed by atoms with Crippen LogP contribution in [0.25, 0.3) is 0 Å². The molecule has 0 saturated carbocycles. The van der Waals surface area contributed by atoms with Gasteiger partial charge in [-0.05, 0) is 40.0 Å². The molecule has 0 heterocycles. The average Bonchev–Trinajstić information content (AvgIpc) is 2.19. The molecule has 0 aliphatic heterocycles. The van der Waals surface area contributed by atoms with Gasteiger partial charge in [-0.2, -0.15) is 0 Å². The van der Waals surface area contributed by atoms with E-state index in [1.807, 2.05) is 12.1 Å². The van der Waals surface area contributed by atoms with Gasteiger partial charge in [0.05, 0.1) is 5.69 Å². The van der Waals surface area contributed by atoms with Crippen molar-refractivity contribution < 1.29 is 0 Å². The topological polar surface area (TPSA) is 52.0 Å². The molecule has 0 aliphatic rings. The second-order valence-corrected chi connectivity index (χ2v) is 5.41. The summed E-state index contributed by atoms with van der Waals surface area (Å²) in [5, 5.41) is 0. The van der Waals surface area contributed by atoms with Crippen molar-refractivity contribution in [2.45, 2.75) is 32.2 Å². The van der Waals surface area contributed by atoms with Crippen LogP contribution in [0, 0.1) is 0 Å². The summed E-state index contributed by atoms with van der Waals surface area (Å²) >= 11 is 6.87. The summed E-state index contributed by atoms with van der Waals surface area (Å²) in [6.45, 7) is 2.16. The minimum Gasteiger partial charge on any atom is -0.398 e. The molecular weight excluding hydrogens is 320 g/mol. The third-order valence-electron chi connectivity index (χ3n) is 2.39. The Balaban J connectivity index is 2.92. The summed E-state index contributed by atoms with van der Waals surface area (Å²) in [6.07, 6.45) is 3.26. The number of nitrogens with two attached hydrogens (primary N) is 2. The van der Waals surface area contributed by atoms with E-state index in [0.29, 0.717) is 0 Å². The molecule has 0 fully saturated rings. The Bertz CT molecular complexity index is 340. The lowest BCUT2D eigenvalue weighted by molar-refractivity contribution is 0.604. The Morgan fingerprint density at radius 1 is 1.33 bits per heavy atom. The molecule has 1 rings (SSSR count). The van der Waals surface area contributed by atoms with Gasteiger partial charge in [0, 0.05) is 15.0 Å². The molecule has 0 radical (unpaired) electrons. The van der Waals surface area contributed by atoms with Crippen LogP contribution in [-0.4, -0.2) is 0 Å². The standard InChI is InChI=1S/C11H16Br2N2/c1-2-3-4-10(14)8-5-7(12)6-9(13)11(8)15/h5-6,10H,2-4,14-15H2,1H3/t10-/m1/s1. The Morgan fingerprint density at radius 2 is 2.00 bits per heavy atom. The fourth-order valence-electron chi connectivity index (χ4n) is 1.49. The highest BCUT2D eigenvalue weighted by atomic mass is 79.9. The molecular formula is C11H16Br2N2. The molecule has 0 aromatic heterocycles. The number of benzene rings is 1. The summed E-state index contributed by atoms with van der Waals surface area (Å²) in [5.74, 6) is 0. The first-order chi connectivity index (χ1) is 7.06. The number of nitrogen functional groups attached to an aromatic ring is 1. The van der Waals surface area contributed by atoms with Gasteiger partial charge in [0.1, 0.15) is 0 Å². The number of unbranched alkanes of at least 4 members (excludes halogenated alkanes) is 1. The predicted octanol–water partition coefficient (Wildman–Crippen LogP) is 3.98. The zero-order valence-electron chi connectivity index (χ0n) is 8.76. The maximum absolute atomic E-state index is 6.10. The maximum Gasteiger partial charge on any atom is 0.0507 e. The molecule has 2 nitrogen and oxygen atoms in total. The van der Waals surface area contributed by atoms with Gasteiger partial charge in [-0.1, -0.05) is 35.7 Å². The Labute approximate surface area is 108 Å². The normalized spacial score (nSPS) is 12.8. The highest BCUT2D eigenvalue weighted by Crippen LogP contribution is 2.32. The minimum absolute atomic E-state index is 0.0266. The van der Waals surface area contributed by atoms with Gasteiger partial charge < -0.3 is 11.5 Å². The highest BCUT2D eigenvalue weighted by Gasteiger charge is 2.12. The fraction of sp³-hybridized carbons (Fsp3) is 0.455. The largest absolute Gasteiger partial charge is 0.398 e. The summed E-state index contributed by atoms with van der Waals surface area (Å²) in [5.41, 5.74) is 13.8. The van der Waals surface area contributed by atoms with Crippen LogP contribution in [0.3, 0.4) is 0 Å². The first kappa shape index (κ1) is 13.0. The van der Waals surface area contributed by atoms with E-state index in [1.165, 1.54) is 0 Å². The molecule has 1 aromatic carbocycles.